The molecule has 0 unspecified atom stereocenters. The van der Waals surface area contributed by atoms with E-state index in [0.717, 1.165) is 23.0 Å². The number of hydrogen-bond donors (Lipinski definition) is 1. The Morgan fingerprint density at radius 2 is 2.06 bits per heavy atom. The Balaban J connectivity index is 1.80. The Morgan fingerprint density at radius 3 is 2.78 bits per heavy atom. The Morgan fingerprint density at radius 1 is 1.22 bits per heavy atom. The van der Waals surface area contributed by atoms with Crippen LogP contribution in [0.3, 0.4) is 0 Å². The van der Waals surface area contributed by atoms with Gasteiger partial charge >= 0.3 is 0 Å². The summed E-state index contributed by atoms with van der Waals surface area (Å²) >= 11 is 1.41. The van der Waals surface area contributed by atoms with Crippen molar-refractivity contribution in [1.29, 1.82) is 0 Å². The van der Waals surface area contributed by atoms with Gasteiger partial charge in [0.1, 0.15) is 10.8 Å². The number of anilines is 1. The van der Waals surface area contributed by atoms with Gasteiger partial charge in [0.05, 0.1) is 18.4 Å². The van der Waals surface area contributed by atoms with E-state index in [9.17, 15) is 0 Å². The SMILES string of the molecule is Nc1cnc(Sc2nnnn2C2CCCC2)cn1. The zero-order valence-corrected chi connectivity index (χ0v) is 10.5. The molecule has 0 aromatic carbocycles. The van der Waals surface area contributed by atoms with Crippen LogP contribution >= 0.6 is 11.8 Å². The molecule has 2 N–H and O–H groups in total. The second-order valence-corrected chi connectivity index (χ2v) is 5.21. The molecule has 8 heteroatoms. The number of aromatic nitrogens is 6. The van der Waals surface area contributed by atoms with E-state index in [1.54, 1.807) is 6.20 Å². The second kappa shape index (κ2) is 4.89. The third-order valence-corrected chi connectivity index (χ3v) is 3.85. The predicted molar refractivity (Wildman–Crippen MR) is 65.9 cm³/mol. The highest BCUT2D eigenvalue weighted by molar-refractivity contribution is 7.99. The molecule has 0 spiro atoms. The highest BCUT2D eigenvalue weighted by Gasteiger charge is 2.22. The minimum Gasteiger partial charge on any atom is -0.382 e. The molecule has 0 radical (unpaired) electrons. The molecule has 0 bridgehead atoms. The molecule has 0 atom stereocenters. The summed E-state index contributed by atoms with van der Waals surface area (Å²) in [7, 11) is 0. The molecule has 2 aromatic heterocycles. The maximum absolute atomic E-state index is 5.50. The van der Waals surface area contributed by atoms with Crippen LogP contribution in [0.1, 0.15) is 31.7 Å². The molecule has 18 heavy (non-hydrogen) atoms. The quantitative estimate of drug-likeness (QED) is 0.891. The van der Waals surface area contributed by atoms with Gasteiger partial charge in [-0.2, -0.15) is 0 Å². The third-order valence-electron chi connectivity index (χ3n) is 2.98. The third kappa shape index (κ3) is 2.28. The summed E-state index contributed by atoms with van der Waals surface area (Å²) in [5, 5.41) is 13.4. The van der Waals surface area contributed by atoms with Crippen LogP contribution in [0.5, 0.6) is 0 Å². The summed E-state index contributed by atoms with van der Waals surface area (Å²) in [6.45, 7) is 0. The average Bonchev–Trinajstić information content (AvgIpc) is 3.02. The van der Waals surface area contributed by atoms with Crippen LogP contribution in [0, 0.1) is 0 Å². The van der Waals surface area contributed by atoms with Gasteiger partial charge in [-0.1, -0.05) is 12.8 Å². The van der Waals surface area contributed by atoms with Gasteiger partial charge in [-0.25, -0.2) is 14.6 Å². The summed E-state index contributed by atoms with van der Waals surface area (Å²) in [5.41, 5.74) is 5.50. The first kappa shape index (κ1) is 11.4. The van der Waals surface area contributed by atoms with Gasteiger partial charge in [-0.15, -0.1) is 5.10 Å². The highest BCUT2D eigenvalue weighted by Crippen LogP contribution is 2.32. The van der Waals surface area contributed by atoms with E-state index < -0.39 is 0 Å². The predicted octanol–water partition coefficient (Wildman–Crippen LogP) is 1.31. The molecule has 0 aliphatic heterocycles. The summed E-state index contributed by atoms with van der Waals surface area (Å²) in [5.74, 6) is 0.412. The van der Waals surface area contributed by atoms with Crippen molar-refractivity contribution in [2.24, 2.45) is 0 Å². The number of nitrogens with zero attached hydrogens (tertiary/aromatic N) is 6. The lowest BCUT2D eigenvalue weighted by molar-refractivity contribution is 0.423. The molecule has 0 amide bonds. The molecular formula is C10H13N7S. The number of rotatable bonds is 3. The molecule has 2 heterocycles. The normalized spacial score (nSPS) is 16.2. The molecule has 94 valence electrons. The van der Waals surface area contributed by atoms with Crippen LogP contribution in [0.25, 0.3) is 0 Å². The van der Waals surface area contributed by atoms with Crippen LogP contribution in [0.2, 0.25) is 0 Å². The van der Waals surface area contributed by atoms with Crippen molar-refractivity contribution in [1.82, 2.24) is 30.2 Å². The zero-order valence-electron chi connectivity index (χ0n) is 9.73. The Kier molecular flexibility index (Phi) is 3.09. The van der Waals surface area contributed by atoms with Crippen molar-refractivity contribution in [2.45, 2.75) is 41.9 Å². The van der Waals surface area contributed by atoms with Gasteiger partial charge in [0.25, 0.3) is 0 Å². The van der Waals surface area contributed by atoms with Gasteiger partial charge in [-0.3, -0.25) is 0 Å². The standard InChI is InChI=1S/C10H13N7S/c11-8-5-13-9(6-12-8)18-10-14-15-16-17(10)7-3-1-2-4-7/h5-7H,1-4H2,(H2,11,12). The van der Waals surface area contributed by atoms with Crippen molar-refractivity contribution in [3.8, 4) is 0 Å². The molecule has 7 nitrogen and oxygen atoms in total. The van der Waals surface area contributed by atoms with E-state index in [0.29, 0.717) is 11.9 Å². The number of hydrogen-bond acceptors (Lipinski definition) is 7. The molecule has 2 aromatic rings. The minimum absolute atomic E-state index is 0.412. The molecule has 1 aliphatic carbocycles. The topological polar surface area (TPSA) is 95.4 Å². The van der Waals surface area contributed by atoms with Crippen molar-refractivity contribution < 1.29 is 0 Å². The number of tetrazole rings is 1. The van der Waals surface area contributed by atoms with Gasteiger partial charge in [0.2, 0.25) is 5.16 Å². The Hall–Kier alpha value is -1.70. The number of nitrogen functional groups attached to an aromatic ring is 1. The van der Waals surface area contributed by atoms with E-state index in [1.165, 1.54) is 30.8 Å². The van der Waals surface area contributed by atoms with E-state index in [2.05, 4.69) is 25.5 Å². The molecule has 0 saturated heterocycles. The molecule has 1 saturated carbocycles. The fourth-order valence-corrected chi connectivity index (χ4v) is 2.86. The van der Waals surface area contributed by atoms with Crippen molar-refractivity contribution in [3.63, 3.8) is 0 Å². The number of nitrogens with two attached hydrogens (primary N) is 1. The van der Waals surface area contributed by atoms with Crippen molar-refractivity contribution >= 4 is 17.6 Å². The van der Waals surface area contributed by atoms with Crippen LogP contribution in [0.4, 0.5) is 5.82 Å². The van der Waals surface area contributed by atoms with Crippen LogP contribution < -0.4 is 5.73 Å². The fraction of sp³-hybridized carbons (Fsp3) is 0.500. The maximum Gasteiger partial charge on any atom is 0.215 e. The van der Waals surface area contributed by atoms with E-state index in [-0.39, 0.29) is 0 Å². The lowest BCUT2D eigenvalue weighted by atomic mass is 10.3. The van der Waals surface area contributed by atoms with Crippen LogP contribution in [-0.2, 0) is 0 Å². The lowest BCUT2D eigenvalue weighted by Gasteiger charge is -2.10. The summed E-state index contributed by atoms with van der Waals surface area (Å²) < 4.78 is 1.90. The van der Waals surface area contributed by atoms with Crippen LogP contribution in [0.15, 0.2) is 22.6 Å². The first-order chi connectivity index (χ1) is 8.83. The molecule has 1 fully saturated rings. The first-order valence-corrected chi connectivity index (χ1v) is 6.68. The monoisotopic (exact) mass is 263 g/mol. The van der Waals surface area contributed by atoms with E-state index >= 15 is 0 Å². The zero-order chi connectivity index (χ0) is 12.4. The largest absolute Gasteiger partial charge is 0.382 e. The molecular weight excluding hydrogens is 250 g/mol. The van der Waals surface area contributed by atoms with E-state index in [4.69, 9.17) is 5.73 Å². The Labute approximate surface area is 108 Å². The summed E-state index contributed by atoms with van der Waals surface area (Å²) in [6, 6.07) is 0.421. The summed E-state index contributed by atoms with van der Waals surface area (Å²) in [6.07, 6.45) is 7.95. The smallest absolute Gasteiger partial charge is 0.215 e. The summed E-state index contributed by atoms with van der Waals surface area (Å²) in [4.78, 5) is 8.19. The van der Waals surface area contributed by atoms with Gasteiger partial charge in [0.15, 0.2) is 0 Å². The second-order valence-electron chi connectivity index (χ2n) is 4.23. The van der Waals surface area contributed by atoms with Gasteiger partial charge in [0, 0.05) is 0 Å². The van der Waals surface area contributed by atoms with Gasteiger partial charge in [-0.05, 0) is 35.0 Å². The lowest BCUT2D eigenvalue weighted by Crippen LogP contribution is -2.08. The first-order valence-electron chi connectivity index (χ1n) is 5.86. The molecule has 3 rings (SSSR count). The minimum atomic E-state index is 0.412. The average molecular weight is 263 g/mol. The molecule has 1 aliphatic rings. The van der Waals surface area contributed by atoms with Crippen molar-refractivity contribution in [3.05, 3.63) is 12.4 Å². The highest BCUT2D eigenvalue weighted by atomic mass is 32.2. The van der Waals surface area contributed by atoms with Gasteiger partial charge < -0.3 is 5.73 Å². The maximum atomic E-state index is 5.50. The van der Waals surface area contributed by atoms with Crippen LogP contribution in [-0.4, -0.2) is 30.2 Å². The van der Waals surface area contributed by atoms with Crippen molar-refractivity contribution in [2.75, 3.05) is 5.73 Å². The Bertz CT molecular complexity index is 517. The fourth-order valence-electron chi connectivity index (χ4n) is 2.10. The van der Waals surface area contributed by atoms with E-state index in [1.807, 2.05) is 4.68 Å².